The first kappa shape index (κ1) is 15.0. The van der Waals surface area contributed by atoms with Crippen molar-refractivity contribution in [3.8, 4) is 5.75 Å². The molecule has 2 aromatic carbocycles. The average molecular weight is 300 g/mol. The number of anilines is 1. The molecule has 0 bridgehead atoms. The topological polar surface area (TPSA) is 50.4 Å². The number of hydrogen-bond donors (Lipinski definition) is 2. The van der Waals surface area contributed by atoms with Gasteiger partial charge in [0.25, 0.3) is 5.91 Å². The van der Waals surface area contributed by atoms with E-state index in [4.69, 9.17) is 17.0 Å². The van der Waals surface area contributed by atoms with Gasteiger partial charge < -0.3 is 10.1 Å². The smallest absolute Gasteiger partial charge is 0.257 e. The van der Waals surface area contributed by atoms with Crippen molar-refractivity contribution in [2.24, 2.45) is 0 Å². The van der Waals surface area contributed by atoms with E-state index in [1.165, 1.54) is 0 Å². The van der Waals surface area contributed by atoms with Crippen LogP contribution in [0.25, 0.3) is 0 Å². The Hall–Kier alpha value is -2.40. The maximum absolute atomic E-state index is 12.0. The lowest BCUT2D eigenvalue weighted by atomic mass is 10.2. The summed E-state index contributed by atoms with van der Waals surface area (Å²) in [6.45, 7) is 1.94. The molecular weight excluding hydrogens is 284 g/mol. The molecule has 0 saturated carbocycles. The molecule has 21 heavy (non-hydrogen) atoms. The summed E-state index contributed by atoms with van der Waals surface area (Å²) in [5.41, 5.74) is 2.37. The van der Waals surface area contributed by atoms with Gasteiger partial charge in [-0.2, -0.15) is 0 Å². The Labute approximate surface area is 129 Å². The van der Waals surface area contributed by atoms with E-state index in [1.54, 1.807) is 31.4 Å². The first-order valence-electron chi connectivity index (χ1n) is 6.42. The third-order valence-electron chi connectivity index (χ3n) is 2.94. The van der Waals surface area contributed by atoms with Crippen molar-refractivity contribution in [3.63, 3.8) is 0 Å². The number of nitrogens with one attached hydrogen (secondary N) is 2. The van der Waals surface area contributed by atoms with Crippen LogP contribution < -0.4 is 15.4 Å². The minimum Gasteiger partial charge on any atom is -0.497 e. The largest absolute Gasteiger partial charge is 0.497 e. The van der Waals surface area contributed by atoms with Crippen LogP contribution in [-0.4, -0.2) is 18.1 Å². The normalized spacial score (nSPS) is 9.81. The molecule has 0 aliphatic carbocycles. The van der Waals surface area contributed by atoms with Crippen molar-refractivity contribution in [1.82, 2.24) is 5.32 Å². The predicted octanol–water partition coefficient (Wildman–Crippen LogP) is 3.13. The highest BCUT2D eigenvalue weighted by Gasteiger charge is 2.08. The summed E-state index contributed by atoms with van der Waals surface area (Å²) in [5, 5.41) is 5.92. The van der Waals surface area contributed by atoms with E-state index in [2.05, 4.69) is 10.6 Å². The molecule has 0 fully saturated rings. The molecule has 2 rings (SSSR count). The van der Waals surface area contributed by atoms with Crippen molar-refractivity contribution in [3.05, 3.63) is 59.7 Å². The zero-order valence-electron chi connectivity index (χ0n) is 11.8. The summed E-state index contributed by atoms with van der Waals surface area (Å²) in [5.74, 6) is 0.538. The van der Waals surface area contributed by atoms with Gasteiger partial charge in [0.1, 0.15) is 5.75 Å². The average Bonchev–Trinajstić information content (AvgIpc) is 2.50. The first-order chi connectivity index (χ1) is 10.1. The van der Waals surface area contributed by atoms with Crippen molar-refractivity contribution in [2.45, 2.75) is 6.92 Å². The third-order valence-corrected chi connectivity index (χ3v) is 3.15. The Morgan fingerprint density at radius 3 is 2.48 bits per heavy atom. The maximum Gasteiger partial charge on any atom is 0.257 e. The minimum atomic E-state index is -0.237. The van der Waals surface area contributed by atoms with Crippen molar-refractivity contribution < 1.29 is 9.53 Å². The molecule has 1 amide bonds. The molecule has 0 aliphatic heterocycles. The second-order valence-electron chi connectivity index (χ2n) is 4.46. The first-order valence-corrected chi connectivity index (χ1v) is 6.83. The summed E-state index contributed by atoms with van der Waals surface area (Å²) in [7, 11) is 1.62. The second-order valence-corrected chi connectivity index (χ2v) is 4.86. The van der Waals surface area contributed by atoms with Gasteiger partial charge in [0.05, 0.1) is 7.11 Å². The number of amides is 1. The Bertz CT molecular complexity index is 657. The maximum atomic E-state index is 12.0. The van der Waals surface area contributed by atoms with Gasteiger partial charge in [-0.25, -0.2) is 0 Å². The Morgan fingerprint density at radius 2 is 1.86 bits per heavy atom. The van der Waals surface area contributed by atoms with Crippen LogP contribution in [0, 0.1) is 6.92 Å². The summed E-state index contributed by atoms with van der Waals surface area (Å²) >= 11 is 5.16. The molecule has 2 aromatic rings. The van der Waals surface area contributed by atoms with E-state index in [9.17, 15) is 4.79 Å². The fourth-order valence-electron chi connectivity index (χ4n) is 1.82. The van der Waals surface area contributed by atoms with Gasteiger partial charge >= 0.3 is 0 Å². The molecular formula is C16H16N2O2S. The summed E-state index contributed by atoms with van der Waals surface area (Å²) in [6.07, 6.45) is 0. The minimum absolute atomic E-state index is 0.237. The van der Waals surface area contributed by atoms with Crippen LogP contribution >= 0.6 is 12.2 Å². The molecule has 2 N–H and O–H groups in total. The number of carbonyl (C=O) groups is 1. The van der Waals surface area contributed by atoms with Crippen LogP contribution in [0.4, 0.5) is 5.69 Å². The fourth-order valence-corrected chi connectivity index (χ4v) is 2.02. The number of methoxy groups -OCH3 is 1. The van der Waals surface area contributed by atoms with Gasteiger partial charge in [-0.1, -0.05) is 18.2 Å². The fraction of sp³-hybridized carbons (Fsp3) is 0.125. The molecule has 0 aliphatic rings. The highest BCUT2D eigenvalue weighted by atomic mass is 32.1. The number of carbonyl (C=O) groups excluding carboxylic acids is 1. The molecule has 108 valence electrons. The molecule has 0 unspecified atom stereocenters. The standard InChI is InChI=1S/C16H16N2O2S/c1-11-10-13(20-2)8-9-14(11)17-16(21)18-15(19)12-6-4-3-5-7-12/h3-10H,1-2H3,(H2,17,18,19,21). The van der Waals surface area contributed by atoms with E-state index >= 15 is 0 Å². The lowest BCUT2D eigenvalue weighted by Gasteiger charge is -2.12. The van der Waals surface area contributed by atoms with E-state index in [0.717, 1.165) is 17.0 Å². The summed E-state index contributed by atoms with van der Waals surface area (Å²) in [6, 6.07) is 14.5. The number of rotatable bonds is 3. The zero-order valence-corrected chi connectivity index (χ0v) is 12.7. The molecule has 5 heteroatoms. The van der Waals surface area contributed by atoms with Gasteiger partial charge in [-0.3, -0.25) is 10.1 Å². The number of thiocarbonyl (C=S) groups is 1. The monoisotopic (exact) mass is 300 g/mol. The van der Waals surface area contributed by atoms with Crippen LogP contribution in [0.1, 0.15) is 15.9 Å². The van der Waals surface area contributed by atoms with Crippen LogP contribution in [0.5, 0.6) is 5.75 Å². The third kappa shape index (κ3) is 4.03. The number of hydrogen-bond acceptors (Lipinski definition) is 3. The zero-order chi connectivity index (χ0) is 15.2. The lowest BCUT2D eigenvalue weighted by Crippen LogP contribution is -2.34. The lowest BCUT2D eigenvalue weighted by molar-refractivity contribution is 0.0977. The van der Waals surface area contributed by atoms with E-state index in [0.29, 0.717) is 5.56 Å². The number of ether oxygens (including phenoxy) is 1. The van der Waals surface area contributed by atoms with Crippen LogP contribution in [0.2, 0.25) is 0 Å². The van der Waals surface area contributed by atoms with E-state index in [-0.39, 0.29) is 11.0 Å². The van der Waals surface area contributed by atoms with Crippen LogP contribution in [-0.2, 0) is 0 Å². The van der Waals surface area contributed by atoms with Gasteiger partial charge in [-0.05, 0) is 55.0 Å². The highest BCUT2D eigenvalue weighted by molar-refractivity contribution is 7.80. The Morgan fingerprint density at radius 1 is 1.14 bits per heavy atom. The van der Waals surface area contributed by atoms with Crippen molar-refractivity contribution >= 4 is 28.9 Å². The molecule has 0 radical (unpaired) electrons. The van der Waals surface area contributed by atoms with E-state index in [1.807, 2.05) is 31.2 Å². The second kappa shape index (κ2) is 6.85. The Balaban J connectivity index is 2.00. The number of aryl methyl sites for hydroxylation is 1. The van der Waals surface area contributed by atoms with E-state index < -0.39 is 0 Å². The van der Waals surface area contributed by atoms with Gasteiger partial charge in [-0.15, -0.1) is 0 Å². The molecule has 0 spiro atoms. The highest BCUT2D eigenvalue weighted by Crippen LogP contribution is 2.20. The molecule has 4 nitrogen and oxygen atoms in total. The molecule has 0 saturated heterocycles. The molecule has 0 aromatic heterocycles. The summed E-state index contributed by atoms with van der Waals surface area (Å²) in [4.78, 5) is 12.0. The SMILES string of the molecule is COc1ccc(NC(=S)NC(=O)c2ccccc2)c(C)c1. The quantitative estimate of drug-likeness (QED) is 0.855. The van der Waals surface area contributed by atoms with Crippen molar-refractivity contribution in [2.75, 3.05) is 12.4 Å². The van der Waals surface area contributed by atoms with Crippen molar-refractivity contribution in [1.29, 1.82) is 0 Å². The molecule has 0 atom stereocenters. The van der Waals surface area contributed by atoms with Gasteiger partial charge in [0.2, 0.25) is 0 Å². The van der Waals surface area contributed by atoms with Gasteiger partial charge in [0, 0.05) is 11.3 Å². The summed E-state index contributed by atoms with van der Waals surface area (Å²) < 4.78 is 5.15. The number of benzene rings is 2. The predicted molar refractivity (Wildman–Crippen MR) is 87.9 cm³/mol. The van der Waals surface area contributed by atoms with Crippen LogP contribution in [0.3, 0.4) is 0 Å². The molecule has 0 heterocycles. The van der Waals surface area contributed by atoms with Crippen LogP contribution in [0.15, 0.2) is 48.5 Å². The Kier molecular flexibility index (Phi) is 4.90. The van der Waals surface area contributed by atoms with Gasteiger partial charge in [0.15, 0.2) is 5.11 Å².